The minimum absolute atomic E-state index is 0.486. The van der Waals surface area contributed by atoms with E-state index in [1.165, 1.54) is 16.7 Å². The molecule has 1 aromatic carbocycles. The number of imidazole rings is 1. The van der Waals surface area contributed by atoms with E-state index in [2.05, 4.69) is 42.0 Å². The first-order valence-corrected chi connectivity index (χ1v) is 5.87. The van der Waals surface area contributed by atoms with Crippen LogP contribution in [0.3, 0.4) is 0 Å². The summed E-state index contributed by atoms with van der Waals surface area (Å²) in [6, 6.07) is 6.50. The molecular formula is C13H15ClN2. The van der Waals surface area contributed by atoms with Crippen LogP contribution in [0.1, 0.15) is 28.2 Å². The molecule has 16 heavy (non-hydrogen) atoms. The van der Waals surface area contributed by atoms with Crippen molar-refractivity contribution in [2.45, 2.75) is 26.1 Å². The van der Waals surface area contributed by atoms with Crippen LogP contribution in [0.5, 0.6) is 0 Å². The minimum atomic E-state index is 0.486. The van der Waals surface area contributed by atoms with Gasteiger partial charge in [-0.15, -0.1) is 11.6 Å². The van der Waals surface area contributed by atoms with Crippen molar-refractivity contribution in [1.29, 1.82) is 0 Å². The van der Waals surface area contributed by atoms with Crippen molar-refractivity contribution < 1.29 is 0 Å². The van der Waals surface area contributed by atoms with Crippen molar-refractivity contribution in [3.05, 3.63) is 52.6 Å². The summed E-state index contributed by atoms with van der Waals surface area (Å²) in [5.74, 6) is 1.46. The SMILES string of the molecule is Cc1ccc(Cc2ncc(CCl)[nH]2)cc1C. The van der Waals surface area contributed by atoms with E-state index >= 15 is 0 Å². The Morgan fingerprint density at radius 1 is 1.25 bits per heavy atom. The highest BCUT2D eigenvalue weighted by molar-refractivity contribution is 6.16. The van der Waals surface area contributed by atoms with Gasteiger partial charge < -0.3 is 4.98 Å². The number of benzene rings is 1. The number of rotatable bonds is 3. The molecule has 0 aliphatic rings. The lowest BCUT2D eigenvalue weighted by Gasteiger charge is -2.03. The molecule has 0 fully saturated rings. The maximum atomic E-state index is 5.72. The molecule has 0 unspecified atom stereocenters. The molecule has 1 heterocycles. The van der Waals surface area contributed by atoms with Gasteiger partial charge in [-0.3, -0.25) is 0 Å². The molecule has 84 valence electrons. The zero-order valence-electron chi connectivity index (χ0n) is 9.55. The lowest BCUT2D eigenvalue weighted by molar-refractivity contribution is 1.01. The lowest BCUT2D eigenvalue weighted by atomic mass is 10.0. The third-order valence-corrected chi connectivity index (χ3v) is 3.06. The molecule has 0 bridgehead atoms. The highest BCUT2D eigenvalue weighted by Gasteiger charge is 2.02. The van der Waals surface area contributed by atoms with Crippen LogP contribution in [0.15, 0.2) is 24.4 Å². The third kappa shape index (κ3) is 2.45. The Hall–Kier alpha value is -1.28. The molecule has 1 N–H and O–H groups in total. The van der Waals surface area contributed by atoms with Gasteiger partial charge in [-0.25, -0.2) is 4.98 Å². The van der Waals surface area contributed by atoms with Gasteiger partial charge in [0.2, 0.25) is 0 Å². The predicted molar refractivity (Wildman–Crippen MR) is 66.9 cm³/mol. The van der Waals surface area contributed by atoms with Gasteiger partial charge >= 0.3 is 0 Å². The van der Waals surface area contributed by atoms with Gasteiger partial charge in [-0.1, -0.05) is 18.2 Å². The second-order valence-corrected chi connectivity index (χ2v) is 4.35. The van der Waals surface area contributed by atoms with Crippen LogP contribution in [-0.2, 0) is 12.3 Å². The van der Waals surface area contributed by atoms with Crippen LogP contribution < -0.4 is 0 Å². The van der Waals surface area contributed by atoms with Crippen molar-refractivity contribution in [2.24, 2.45) is 0 Å². The molecule has 0 spiro atoms. The summed E-state index contributed by atoms with van der Waals surface area (Å²) >= 11 is 5.72. The molecule has 0 saturated heterocycles. The first-order valence-electron chi connectivity index (χ1n) is 5.34. The highest BCUT2D eigenvalue weighted by Crippen LogP contribution is 2.13. The normalized spacial score (nSPS) is 10.7. The average Bonchev–Trinajstić information content (AvgIpc) is 2.71. The summed E-state index contributed by atoms with van der Waals surface area (Å²) in [6.07, 6.45) is 2.63. The summed E-state index contributed by atoms with van der Waals surface area (Å²) in [6.45, 7) is 4.25. The van der Waals surface area contributed by atoms with Gasteiger partial charge in [0.15, 0.2) is 0 Å². The highest BCUT2D eigenvalue weighted by atomic mass is 35.5. The summed E-state index contributed by atoms with van der Waals surface area (Å²) in [4.78, 5) is 7.50. The van der Waals surface area contributed by atoms with Crippen molar-refractivity contribution in [3.8, 4) is 0 Å². The van der Waals surface area contributed by atoms with Crippen LogP contribution in [-0.4, -0.2) is 9.97 Å². The van der Waals surface area contributed by atoms with E-state index < -0.39 is 0 Å². The Labute approximate surface area is 101 Å². The van der Waals surface area contributed by atoms with Crippen molar-refractivity contribution in [2.75, 3.05) is 0 Å². The number of aromatic nitrogens is 2. The average molecular weight is 235 g/mol. The molecule has 0 radical (unpaired) electrons. The molecule has 3 heteroatoms. The van der Waals surface area contributed by atoms with Gasteiger partial charge in [0.1, 0.15) is 5.82 Å². The Morgan fingerprint density at radius 3 is 2.69 bits per heavy atom. The summed E-state index contributed by atoms with van der Waals surface area (Å²) in [7, 11) is 0. The van der Waals surface area contributed by atoms with Crippen molar-refractivity contribution in [1.82, 2.24) is 9.97 Å². The predicted octanol–water partition coefficient (Wildman–Crippen LogP) is 3.36. The van der Waals surface area contributed by atoms with Gasteiger partial charge in [0.05, 0.1) is 5.88 Å². The first-order chi connectivity index (χ1) is 7.69. The lowest BCUT2D eigenvalue weighted by Crippen LogP contribution is -1.92. The number of H-pyrrole nitrogens is 1. The van der Waals surface area contributed by atoms with E-state index in [1.54, 1.807) is 6.20 Å². The first kappa shape index (κ1) is 11.2. The van der Waals surface area contributed by atoms with Crippen LogP contribution >= 0.6 is 11.6 Å². The number of aromatic amines is 1. The molecular weight excluding hydrogens is 220 g/mol. The Kier molecular flexibility index (Phi) is 3.30. The molecule has 2 rings (SSSR count). The fourth-order valence-corrected chi connectivity index (χ4v) is 1.81. The molecule has 0 amide bonds. The van der Waals surface area contributed by atoms with E-state index in [-0.39, 0.29) is 0 Å². The standard InChI is InChI=1S/C13H15ClN2/c1-9-3-4-11(5-10(9)2)6-13-15-8-12(7-14)16-13/h3-5,8H,6-7H2,1-2H3,(H,15,16). The summed E-state index contributed by atoms with van der Waals surface area (Å²) < 4.78 is 0. The number of nitrogens with zero attached hydrogens (tertiary/aromatic N) is 1. The third-order valence-electron chi connectivity index (χ3n) is 2.77. The second-order valence-electron chi connectivity index (χ2n) is 4.08. The van der Waals surface area contributed by atoms with E-state index in [9.17, 15) is 0 Å². The van der Waals surface area contributed by atoms with E-state index in [4.69, 9.17) is 11.6 Å². The minimum Gasteiger partial charge on any atom is -0.345 e. The summed E-state index contributed by atoms with van der Waals surface area (Å²) in [5, 5.41) is 0. The van der Waals surface area contributed by atoms with Crippen molar-refractivity contribution >= 4 is 11.6 Å². The number of hydrogen-bond donors (Lipinski definition) is 1. The Balaban J connectivity index is 2.17. The van der Waals surface area contributed by atoms with Crippen LogP contribution in [0.25, 0.3) is 0 Å². The fourth-order valence-electron chi connectivity index (χ4n) is 1.67. The number of nitrogens with one attached hydrogen (secondary N) is 1. The molecule has 0 saturated carbocycles. The quantitative estimate of drug-likeness (QED) is 0.811. The maximum absolute atomic E-state index is 5.72. The fraction of sp³-hybridized carbons (Fsp3) is 0.308. The Bertz CT molecular complexity index is 488. The zero-order chi connectivity index (χ0) is 11.5. The zero-order valence-corrected chi connectivity index (χ0v) is 10.3. The molecule has 0 aliphatic heterocycles. The molecule has 1 aromatic heterocycles. The van der Waals surface area contributed by atoms with Crippen LogP contribution in [0.2, 0.25) is 0 Å². The molecule has 0 aliphatic carbocycles. The largest absolute Gasteiger partial charge is 0.345 e. The number of hydrogen-bond acceptors (Lipinski definition) is 1. The van der Waals surface area contributed by atoms with Crippen molar-refractivity contribution in [3.63, 3.8) is 0 Å². The smallest absolute Gasteiger partial charge is 0.110 e. The van der Waals surface area contributed by atoms with Crippen LogP contribution in [0, 0.1) is 13.8 Å². The summed E-state index contributed by atoms with van der Waals surface area (Å²) in [5.41, 5.74) is 4.89. The molecule has 0 atom stereocenters. The van der Waals surface area contributed by atoms with E-state index in [1.807, 2.05) is 0 Å². The van der Waals surface area contributed by atoms with Gasteiger partial charge in [-0.05, 0) is 30.5 Å². The van der Waals surface area contributed by atoms with E-state index in [0.29, 0.717) is 5.88 Å². The Morgan fingerprint density at radius 2 is 2.06 bits per heavy atom. The van der Waals surface area contributed by atoms with Gasteiger partial charge in [0.25, 0.3) is 0 Å². The molecule has 2 nitrogen and oxygen atoms in total. The number of aryl methyl sites for hydroxylation is 2. The topological polar surface area (TPSA) is 28.7 Å². The number of halogens is 1. The maximum Gasteiger partial charge on any atom is 0.110 e. The second kappa shape index (κ2) is 4.71. The number of alkyl halides is 1. The molecule has 2 aromatic rings. The monoisotopic (exact) mass is 234 g/mol. The van der Waals surface area contributed by atoms with Crippen LogP contribution in [0.4, 0.5) is 0 Å². The van der Waals surface area contributed by atoms with Gasteiger partial charge in [-0.2, -0.15) is 0 Å². The van der Waals surface area contributed by atoms with E-state index in [0.717, 1.165) is 17.9 Å². The van der Waals surface area contributed by atoms with Gasteiger partial charge in [0, 0.05) is 18.3 Å².